The average molecular weight is 244 g/mol. The molecular formula is C13H16N4O. The van der Waals surface area contributed by atoms with E-state index >= 15 is 0 Å². The lowest BCUT2D eigenvalue weighted by Crippen LogP contribution is -2.16. The summed E-state index contributed by atoms with van der Waals surface area (Å²) in [7, 11) is 1.67. The van der Waals surface area contributed by atoms with Gasteiger partial charge in [0, 0.05) is 7.11 Å². The Hall–Kier alpha value is -2.06. The van der Waals surface area contributed by atoms with E-state index < -0.39 is 0 Å². The van der Waals surface area contributed by atoms with E-state index in [1.54, 1.807) is 13.2 Å². The molecule has 1 aromatic heterocycles. The van der Waals surface area contributed by atoms with E-state index in [1.807, 2.05) is 16.7 Å². The van der Waals surface area contributed by atoms with Crippen molar-refractivity contribution in [3.63, 3.8) is 0 Å². The topological polar surface area (TPSA) is 76.9 Å². The second-order valence-corrected chi connectivity index (χ2v) is 4.17. The third-order valence-corrected chi connectivity index (χ3v) is 3.04. The largest absolute Gasteiger partial charge is 0.383 e. The second kappa shape index (κ2) is 5.07. The summed E-state index contributed by atoms with van der Waals surface area (Å²) in [5, 5.41) is 8.96. The Bertz CT molecular complexity index is 597. The molecule has 0 saturated heterocycles. The molecule has 94 valence electrons. The molecule has 0 amide bonds. The maximum absolute atomic E-state index is 8.96. The van der Waals surface area contributed by atoms with Crippen LogP contribution in [0.25, 0.3) is 11.0 Å². The molecule has 0 aliphatic heterocycles. The van der Waals surface area contributed by atoms with Crippen LogP contribution in [0.3, 0.4) is 0 Å². The van der Waals surface area contributed by atoms with E-state index in [0.29, 0.717) is 18.1 Å². The van der Waals surface area contributed by atoms with Gasteiger partial charge in [-0.2, -0.15) is 5.26 Å². The van der Waals surface area contributed by atoms with Crippen molar-refractivity contribution in [2.24, 2.45) is 0 Å². The standard InChI is InChI=1S/C13H16N4O/c1-3-10(8-18-2)17-12-6-9(7-14)4-5-11(12)16-13(17)15/h4-6,10H,3,8H2,1-2H3,(H2,15,16). The fourth-order valence-corrected chi connectivity index (χ4v) is 2.13. The van der Waals surface area contributed by atoms with E-state index in [0.717, 1.165) is 17.5 Å². The molecule has 1 unspecified atom stereocenters. The Morgan fingerprint density at radius 2 is 2.33 bits per heavy atom. The van der Waals surface area contributed by atoms with Crippen LogP contribution in [0, 0.1) is 11.3 Å². The highest BCUT2D eigenvalue weighted by Crippen LogP contribution is 2.25. The van der Waals surface area contributed by atoms with Gasteiger partial charge >= 0.3 is 0 Å². The Labute approximate surface area is 106 Å². The van der Waals surface area contributed by atoms with Gasteiger partial charge < -0.3 is 15.0 Å². The van der Waals surface area contributed by atoms with Gasteiger partial charge in [0.05, 0.1) is 35.3 Å². The minimum Gasteiger partial charge on any atom is -0.383 e. The first-order valence-corrected chi connectivity index (χ1v) is 5.87. The molecule has 0 radical (unpaired) electrons. The summed E-state index contributed by atoms with van der Waals surface area (Å²) in [5.74, 6) is 0.462. The maximum atomic E-state index is 8.96. The zero-order valence-electron chi connectivity index (χ0n) is 10.6. The molecule has 1 heterocycles. The van der Waals surface area contributed by atoms with Gasteiger partial charge in [0.15, 0.2) is 0 Å². The van der Waals surface area contributed by atoms with E-state index in [4.69, 9.17) is 15.7 Å². The van der Waals surface area contributed by atoms with Gasteiger partial charge in [-0.25, -0.2) is 4.98 Å². The highest BCUT2D eigenvalue weighted by Gasteiger charge is 2.16. The van der Waals surface area contributed by atoms with Crippen LogP contribution in [0.15, 0.2) is 18.2 Å². The monoisotopic (exact) mass is 244 g/mol. The molecule has 2 N–H and O–H groups in total. The predicted molar refractivity (Wildman–Crippen MR) is 70.1 cm³/mol. The number of nitrogens with zero attached hydrogens (tertiary/aromatic N) is 3. The Kier molecular flexibility index (Phi) is 3.49. The van der Waals surface area contributed by atoms with Crippen molar-refractivity contribution in [3.05, 3.63) is 23.8 Å². The number of ether oxygens (including phenoxy) is 1. The molecule has 18 heavy (non-hydrogen) atoms. The molecule has 0 aliphatic carbocycles. The lowest BCUT2D eigenvalue weighted by atomic mass is 10.2. The van der Waals surface area contributed by atoms with E-state index in [1.165, 1.54) is 0 Å². The van der Waals surface area contributed by atoms with Gasteiger partial charge in [0.25, 0.3) is 0 Å². The summed E-state index contributed by atoms with van der Waals surface area (Å²) < 4.78 is 7.15. The SMILES string of the molecule is CCC(COC)n1c(N)nc2ccc(C#N)cc21. The smallest absolute Gasteiger partial charge is 0.201 e. The maximum Gasteiger partial charge on any atom is 0.201 e. The predicted octanol–water partition coefficient (Wildman–Crippen LogP) is 2.09. The number of imidazole rings is 1. The van der Waals surface area contributed by atoms with Crippen LogP contribution in [-0.4, -0.2) is 23.3 Å². The number of aromatic nitrogens is 2. The van der Waals surface area contributed by atoms with Crippen molar-refractivity contribution < 1.29 is 4.74 Å². The van der Waals surface area contributed by atoms with E-state index in [9.17, 15) is 0 Å². The zero-order chi connectivity index (χ0) is 13.1. The van der Waals surface area contributed by atoms with Crippen molar-refractivity contribution in [2.75, 3.05) is 19.5 Å². The molecule has 1 atom stereocenters. The number of hydrogen-bond donors (Lipinski definition) is 1. The number of fused-ring (bicyclic) bond motifs is 1. The lowest BCUT2D eigenvalue weighted by Gasteiger charge is -2.18. The number of anilines is 1. The van der Waals surface area contributed by atoms with Crippen molar-refractivity contribution in [2.45, 2.75) is 19.4 Å². The van der Waals surface area contributed by atoms with Crippen LogP contribution in [0.1, 0.15) is 24.9 Å². The van der Waals surface area contributed by atoms with Crippen LogP contribution < -0.4 is 5.73 Å². The Balaban J connectivity index is 2.60. The number of benzene rings is 1. The molecular weight excluding hydrogens is 228 g/mol. The summed E-state index contributed by atoms with van der Waals surface area (Å²) in [4.78, 5) is 4.32. The summed E-state index contributed by atoms with van der Waals surface area (Å²) in [5.41, 5.74) is 8.26. The van der Waals surface area contributed by atoms with Gasteiger partial charge in [0.1, 0.15) is 0 Å². The molecule has 2 rings (SSSR count). The Morgan fingerprint density at radius 1 is 1.56 bits per heavy atom. The lowest BCUT2D eigenvalue weighted by molar-refractivity contribution is 0.155. The highest BCUT2D eigenvalue weighted by molar-refractivity contribution is 5.80. The number of nitriles is 1. The number of rotatable bonds is 4. The van der Waals surface area contributed by atoms with Crippen LogP contribution in [0.5, 0.6) is 0 Å². The minimum atomic E-state index is 0.133. The number of methoxy groups -OCH3 is 1. The fraction of sp³-hybridized carbons (Fsp3) is 0.385. The van der Waals surface area contributed by atoms with Gasteiger partial charge in [0.2, 0.25) is 5.95 Å². The summed E-state index contributed by atoms with van der Waals surface area (Å²) in [6.07, 6.45) is 0.889. The molecule has 0 fully saturated rings. The molecule has 1 aromatic carbocycles. The summed E-state index contributed by atoms with van der Waals surface area (Å²) in [6, 6.07) is 7.65. The van der Waals surface area contributed by atoms with E-state index in [-0.39, 0.29) is 6.04 Å². The van der Waals surface area contributed by atoms with Crippen molar-refractivity contribution in [3.8, 4) is 6.07 Å². The molecule has 0 aliphatic rings. The zero-order valence-corrected chi connectivity index (χ0v) is 10.6. The van der Waals surface area contributed by atoms with Crippen LogP contribution in [-0.2, 0) is 4.74 Å². The minimum absolute atomic E-state index is 0.133. The third-order valence-electron chi connectivity index (χ3n) is 3.04. The molecule has 0 spiro atoms. The summed E-state index contributed by atoms with van der Waals surface area (Å²) in [6.45, 7) is 2.64. The van der Waals surface area contributed by atoms with Gasteiger partial charge in [-0.3, -0.25) is 0 Å². The fourth-order valence-electron chi connectivity index (χ4n) is 2.13. The summed E-state index contributed by atoms with van der Waals surface area (Å²) >= 11 is 0. The normalized spacial score (nSPS) is 12.5. The molecule has 5 nitrogen and oxygen atoms in total. The van der Waals surface area contributed by atoms with Gasteiger partial charge in [-0.05, 0) is 24.6 Å². The third kappa shape index (κ3) is 2.03. The van der Waals surface area contributed by atoms with Crippen LogP contribution >= 0.6 is 0 Å². The first-order valence-electron chi connectivity index (χ1n) is 5.87. The number of hydrogen-bond acceptors (Lipinski definition) is 4. The number of nitrogens with two attached hydrogens (primary N) is 1. The van der Waals surface area contributed by atoms with Gasteiger partial charge in [-0.15, -0.1) is 0 Å². The van der Waals surface area contributed by atoms with Crippen molar-refractivity contribution in [1.82, 2.24) is 9.55 Å². The van der Waals surface area contributed by atoms with Crippen LogP contribution in [0.4, 0.5) is 5.95 Å². The number of nitrogen functional groups attached to an aromatic ring is 1. The van der Waals surface area contributed by atoms with E-state index in [2.05, 4.69) is 18.0 Å². The first-order chi connectivity index (χ1) is 8.71. The molecule has 5 heteroatoms. The van der Waals surface area contributed by atoms with Crippen molar-refractivity contribution in [1.29, 1.82) is 5.26 Å². The van der Waals surface area contributed by atoms with Gasteiger partial charge in [-0.1, -0.05) is 6.92 Å². The average Bonchev–Trinajstić information content (AvgIpc) is 2.71. The second-order valence-electron chi connectivity index (χ2n) is 4.17. The van der Waals surface area contributed by atoms with Crippen LogP contribution in [0.2, 0.25) is 0 Å². The molecule has 0 bridgehead atoms. The quantitative estimate of drug-likeness (QED) is 0.893. The first kappa shape index (κ1) is 12.4. The highest BCUT2D eigenvalue weighted by atomic mass is 16.5. The Morgan fingerprint density at radius 3 is 2.94 bits per heavy atom. The molecule has 2 aromatic rings. The molecule has 0 saturated carbocycles. The van der Waals surface area contributed by atoms with Crippen molar-refractivity contribution >= 4 is 17.0 Å².